The number of carbonyl (C=O) groups excluding carboxylic acids is 2. The van der Waals surface area contributed by atoms with E-state index in [1.165, 1.54) is 0 Å². The largest absolute Gasteiger partial charge is 0.449 e. The van der Waals surface area contributed by atoms with Crippen molar-refractivity contribution in [2.75, 3.05) is 6.61 Å². The van der Waals surface area contributed by atoms with Crippen LogP contribution in [0.25, 0.3) is 11.1 Å². The van der Waals surface area contributed by atoms with E-state index in [0.29, 0.717) is 12.8 Å². The van der Waals surface area contributed by atoms with E-state index in [9.17, 15) is 14.9 Å². The monoisotopic (exact) mass is 521 g/mol. The molecule has 3 aliphatic rings. The minimum atomic E-state index is -1.09. The Morgan fingerprint density at radius 3 is 2.08 bits per heavy atom. The average Bonchev–Trinajstić information content (AvgIpc) is 3.28. The molecule has 0 radical (unpaired) electrons. The maximum absolute atomic E-state index is 13.1. The zero-order valence-corrected chi connectivity index (χ0v) is 21.7. The van der Waals surface area contributed by atoms with Crippen LogP contribution in [-0.2, 0) is 16.1 Å². The molecule has 0 spiro atoms. The van der Waals surface area contributed by atoms with E-state index in [1.807, 2.05) is 54.6 Å². The van der Waals surface area contributed by atoms with Crippen molar-refractivity contribution in [2.45, 2.75) is 62.3 Å². The standard InChI is InChI=1S/C32H31N3O4/c33-21-32(17-23-11-8-12-24(18-32)35(23)31(37)39-19-22-9-2-1-3-10-22)34-30(36)38-20-29-27-15-6-4-13-25(27)26-14-5-7-16-28(26)29/h1-7,9-10,13-16,23-24,29H,8,11-12,17-20H2,(H,34,36). The zero-order chi connectivity index (χ0) is 26.8. The lowest BCUT2D eigenvalue weighted by Gasteiger charge is -2.50. The van der Waals surface area contributed by atoms with Gasteiger partial charge in [0.05, 0.1) is 6.07 Å². The fraction of sp³-hybridized carbons (Fsp3) is 0.344. The van der Waals surface area contributed by atoms with Crippen LogP contribution in [-0.4, -0.2) is 41.3 Å². The Kier molecular flexibility index (Phi) is 6.70. The highest BCUT2D eigenvalue weighted by Crippen LogP contribution is 2.45. The van der Waals surface area contributed by atoms with Crippen molar-refractivity contribution in [3.8, 4) is 17.2 Å². The minimum Gasteiger partial charge on any atom is -0.449 e. The van der Waals surface area contributed by atoms with Gasteiger partial charge in [-0.3, -0.25) is 0 Å². The fourth-order valence-electron chi connectivity index (χ4n) is 6.60. The first-order valence-corrected chi connectivity index (χ1v) is 13.6. The third kappa shape index (κ3) is 4.83. The van der Waals surface area contributed by atoms with Crippen LogP contribution < -0.4 is 5.32 Å². The molecule has 2 bridgehead atoms. The molecule has 3 aromatic rings. The van der Waals surface area contributed by atoms with Crippen LogP contribution in [0.5, 0.6) is 0 Å². The number of carbonyl (C=O) groups is 2. The van der Waals surface area contributed by atoms with E-state index in [1.54, 1.807) is 4.90 Å². The predicted molar refractivity (Wildman–Crippen MR) is 146 cm³/mol. The molecule has 198 valence electrons. The molecule has 2 unspecified atom stereocenters. The number of nitrogens with zero attached hydrogens (tertiary/aromatic N) is 2. The SMILES string of the molecule is N#CC1(NC(=O)OCC2c3ccccc3-c3ccccc32)CC2CCCC(C1)N2C(=O)OCc1ccccc1. The Hall–Kier alpha value is -4.31. The Labute approximate surface area is 228 Å². The van der Waals surface area contributed by atoms with Crippen LogP contribution in [0, 0.1) is 11.3 Å². The highest BCUT2D eigenvalue weighted by molar-refractivity contribution is 5.79. The van der Waals surface area contributed by atoms with E-state index in [4.69, 9.17) is 9.47 Å². The highest BCUT2D eigenvalue weighted by atomic mass is 16.6. The first-order chi connectivity index (χ1) is 19.1. The van der Waals surface area contributed by atoms with Crippen molar-refractivity contribution in [3.05, 3.63) is 95.6 Å². The van der Waals surface area contributed by atoms with Gasteiger partial charge >= 0.3 is 12.2 Å². The molecule has 7 heteroatoms. The smallest absolute Gasteiger partial charge is 0.410 e. The number of benzene rings is 3. The van der Waals surface area contributed by atoms with Crippen LogP contribution in [0.4, 0.5) is 9.59 Å². The summed E-state index contributed by atoms with van der Waals surface area (Å²) in [5.74, 6) is -0.0539. The second kappa shape index (κ2) is 10.5. The molecule has 1 N–H and O–H groups in total. The van der Waals surface area contributed by atoms with Crippen LogP contribution >= 0.6 is 0 Å². The molecule has 2 heterocycles. The molecule has 0 aromatic heterocycles. The van der Waals surface area contributed by atoms with Gasteiger partial charge in [0.2, 0.25) is 0 Å². The van der Waals surface area contributed by atoms with Gasteiger partial charge < -0.3 is 19.7 Å². The number of rotatable bonds is 5. The second-order valence-corrected chi connectivity index (χ2v) is 10.7. The maximum atomic E-state index is 13.1. The number of nitrogens with one attached hydrogen (secondary N) is 1. The number of alkyl carbamates (subject to hydrolysis) is 1. The quantitative estimate of drug-likeness (QED) is 0.435. The molecule has 6 rings (SSSR count). The van der Waals surface area contributed by atoms with Gasteiger partial charge in [0.25, 0.3) is 0 Å². The average molecular weight is 522 g/mol. The van der Waals surface area contributed by atoms with Gasteiger partial charge in [-0.05, 0) is 47.1 Å². The molecule has 2 atom stereocenters. The lowest BCUT2D eigenvalue weighted by molar-refractivity contribution is -0.00104. The Bertz CT molecular complexity index is 1360. The zero-order valence-electron chi connectivity index (χ0n) is 21.7. The van der Waals surface area contributed by atoms with Crippen molar-refractivity contribution in [2.24, 2.45) is 0 Å². The van der Waals surface area contributed by atoms with Crippen molar-refractivity contribution < 1.29 is 19.1 Å². The van der Waals surface area contributed by atoms with E-state index >= 15 is 0 Å². The Morgan fingerprint density at radius 1 is 0.872 bits per heavy atom. The number of hydrogen-bond acceptors (Lipinski definition) is 5. The van der Waals surface area contributed by atoms with E-state index in [2.05, 4.69) is 35.7 Å². The van der Waals surface area contributed by atoms with E-state index in [0.717, 1.165) is 47.1 Å². The number of amides is 2. The number of fused-ring (bicyclic) bond motifs is 5. The lowest BCUT2D eigenvalue weighted by atomic mass is 9.74. The first-order valence-electron chi connectivity index (χ1n) is 13.6. The van der Waals surface area contributed by atoms with Gasteiger partial charge in [-0.2, -0.15) is 5.26 Å². The van der Waals surface area contributed by atoms with Gasteiger partial charge in [0.15, 0.2) is 0 Å². The first kappa shape index (κ1) is 25.0. The van der Waals surface area contributed by atoms with Gasteiger partial charge in [-0.15, -0.1) is 0 Å². The lowest BCUT2D eigenvalue weighted by Crippen LogP contribution is -2.64. The molecular formula is C32H31N3O4. The highest BCUT2D eigenvalue weighted by Gasteiger charge is 2.50. The van der Waals surface area contributed by atoms with Crippen LogP contribution in [0.1, 0.15) is 54.7 Å². The summed E-state index contributed by atoms with van der Waals surface area (Å²) >= 11 is 0. The summed E-state index contributed by atoms with van der Waals surface area (Å²) < 4.78 is 11.4. The van der Waals surface area contributed by atoms with Crippen LogP contribution in [0.15, 0.2) is 78.9 Å². The van der Waals surface area contributed by atoms with Gasteiger partial charge in [-0.1, -0.05) is 78.9 Å². The van der Waals surface area contributed by atoms with Crippen molar-refractivity contribution in [3.63, 3.8) is 0 Å². The van der Waals surface area contributed by atoms with E-state index in [-0.39, 0.29) is 37.3 Å². The number of nitriles is 1. The fourth-order valence-corrected chi connectivity index (χ4v) is 6.60. The maximum Gasteiger partial charge on any atom is 0.410 e. The van der Waals surface area contributed by atoms with E-state index < -0.39 is 11.6 Å². The normalized spacial score (nSPS) is 23.2. The summed E-state index contributed by atoms with van der Waals surface area (Å²) in [4.78, 5) is 27.9. The van der Waals surface area contributed by atoms with Gasteiger partial charge in [-0.25, -0.2) is 9.59 Å². The summed E-state index contributed by atoms with van der Waals surface area (Å²) in [5, 5.41) is 13.1. The Morgan fingerprint density at radius 2 is 1.46 bits per heavy atom. The van der Waals surface area contributed by atoms with Crippen molar-refractivity contribution in [1.82, 2.24) is 10.2 Å². The molecule has 2 amide bonds. The molecule has 2 fully saturated rings. The summed E-state index contributed by atoms with van der Waals surface area (Å²) in [7, 11) is 0. The molecule has 2 aliphatic heterocycles. The Balaban J connectivity index is 1.11. The topological polar surface area (TPSA) is 91.7 Å². The summed E-state index contributed by atoms with van der Waals surface area (Å²) in [6, 6.07) is 28.0. The molecule has 0 saturated carbocycles. The molecule has 7 nitrogen and oxygen atoms in total. The number of hydrogen-bond donors (Lipinski definition) is 1. The predicted octanol–water partition coefficient (Wildman–Crippen LogP) is 6.14. The van der Waals surface area contributed by atoms with Gasteiger partial charge in [0.1, 0.15) is 18.8 Å². The van der Waals surface area contributed by atoms with Crippen LogP contribution in [0.3, 0.4) is 0 Å². The van der Waals surface area contributed by atoms with Crippen molar-refractivity contribution in [1.29, 1.82) is 5.26 Å². The molecule has 1 aliphatic carbocycles. The molecular weight excluding hydrogens is 490 g/mol. The summed E-state index contributed by atoms with van der Waals surface area (Å²) in [5.41, 5.74) is 4.44. The second-order valence-electron chi connectivity index (χ2n) is 10.7. The molecule has 2 saturated heterocycles. The minimum absolute atomic E-state index is 0.0539. The summed E-state index contributed by atoms with van der Waals surface area (Å²) in [6.07, 6.45) is 2.26. The summed E-state index contributed by atoms with van der Waals surface area (Å²) in [6.45, 7) is 0.392. The molecule has 3 aromatic carbocycles. The number of piperidine rings is 2. The van der Waals surface area contributed by atoms with Crippen LogP contribution in [0.2, 0.25) is 0 Å². The third-order valence-corrected chi connectivity index (χ3v) is 8.34. The van der Waals surface area contributed by atoms with Crippen molar-refractivity contribution >= 4 is 12.2 Å². The number of ether oxygens (including phenoxy) is 2. The third-order valence-electron chi connectivity index (χ3n) is 8.34. The molecule has 39 heavy (non-hydrogen) atoms. The van der Waals surface area contributed by atoms with Gasteiger partial charge in [0, 0.05) is 30.8 Å².